The average molecular weight is 311 g/mol. The standard InChI is InChI=1S/C13H15BrN2S/c1-9(15-2)7-12-8-16-13(17-12)10-3-5-11(14)6-4-10/h3-6,8-9,15H,7H2,1-2H3. The van der Waals surface area contributed by atoms with Crippen molar-refractivity contribution in [1.29, 1.82) is 0 Å². The van der Waals surface area contributed by atoms with Crippen molar-refractivity contribution in [3.8, 4) is 10.6 Å². The zero-order chi connectivity index (χ0) is 12.3. The molecule has 0 aliphatic carbocycles. The summed E-state index contributed by atoms with van der Waals surface area (Å²) in [5.74, 6) is 0. The van der Waals surface area contributed by atoms with Crippen LogP contribution in [-0.4, -0.2) is 18.1 Å². The van der Waals surface area contributed by atoms with Gasteiger partial charge in [0.25, 0.3) is 0 Å². The van der Waals surface area contributed by atoms with E-state index < -0.39 is 0 Å². The van der Waals surface area contributed by atoms with E-state index in [1.807, 2.05) is 25.4 Å². The van der Waals surface area contributed by atoms with Crippen LogP contribution in [0.3, 0.4) is 0 Å². The zero-order valence-corrected chi connectivity index (χ0v) is 12.3. The molecule has 0 amide bonds. The fraction of sp³-hybridized carbons (Fsp3) is 0.308. The van der Waals surface area contributed by atoms with Crippen molar-refractivity contribution in [2.75, 3.05) is 7.05 Å². The predicted molar refractivity (Wildman–Crippen MR) is 77.5 cm³/mol. The fourth-order valence-electron chi connectivity index (χ4n) is 1.53. The van der Waals surface area contributed by atoms with E-state index in [4.69, 9.17) is 0 Å². The van der Waals surface area contributed by atoms with Gasteiger partial charge in [0, 0.05) is 27.2 Å². The molecule has 1 N–H and O–H groups in total. The van der Waals surface area contributed by atoms with E-state index in [0.717, 1.165) is 15.9 Å². The highest BCUT2D eigenvalue weighted by atomic mass is 79.9. The molecule has 0 aliphatic heterocycles. The minimum atomic E-state index is 0.494. The number of thiazole rings is 1. The van der Waals surface area contributed by atoms with E-state index in [1.54, 1.807) is 11.3 Å². The first-order valence-electron chi connectivity index (χ1n) is 5.57. The number of hydrogen-bond donors (Lipinski definition) is 1. The van der Waals surface area contributed by atoms with E-state index in [9.17, 15) is 0 Å². The Morgan fingerprint density at radius 3 is 2.71 bits per heavy atom. The molecule has 0 spiro atoms. The summed E-state index contributed by atoms with van der Waals surface area (Å²) in [7, 11) is 1.99. The normalized spacial score (nSPS) is 12.6. The lowest BCUT2D eigenvalue weighted by molar-refractivity contribution is 0.612. The monoisotopic (exact) mass is 310 g/mol. The first kappa shape index (κ1) is 12.7. The van der Waals surface area contributed by atoms with Crippen molar-refractivity contribution in [2.45, 2.75) is 19.4 Å². The van der Waals surface area contributed by atoms with Crippen molar-refractivity contribution in [1.82, 2.24) is 10.3 Å². The second-order valence-electron chi connectivity index (χ2n) is 4.03. The Balaban J connectivity index is 2.15. The molecule has 17 heavy (non-hydrogen) atoms. The SMILES string of the molecule is CNC(C)Cc1cnc(-c2ccc(Br)cc2)s1. The highest BCUT2D eigenvalue weighted by Crippen LogP contribution is 2.26. The van der Waals surface area contributed by atoms with Gasteiger partial charge >= 0.3 is 0 Å². The first-order chi connectivity index (χ1) is 8.19. The van der Waals surface area contributed by atoms with Crippen LogP contribution in [0, 0.1) is 0 Å². The summed E-state index contributed by atoms with van der Waals surface area (Å²) in [6, 6.07) is 8.77. The molecule has 1 aromatic carbocycles. The molecule has 0 bridgehead atoms. The molecular formula is C13H15BrN2S. The third-order valence-corrected chi connectivity index (χ3v) is 4.24. The van der Waals surface area contributed by atoms with Gasteiger partial charge in [0.2, 0.25) is 0 Å². The summed E-state index contributed by atoms with van der Waals surface area (Å²) in [6.07, 6.45) is 3.01. The Hall–Kier alpha value is -0.710. The van der Waals surface area contributed by atoms with Crippen LogP contribution in [0.2, 0.25) is 0 Å². The van der Waals surface area contributed by atoms with Crippen LogP contribution in [-0.2, 0) is 6.42 Å². The minimum absolute atomic E-state index is 0.494. The summed E-state index contributed by atoms with van der Waals surface area (Å²) < 4.78 is 1.10. The number of benzene rings is 1. The number of rotatable bonds is 4. The van der Waals surface area contributed by atoms with Crippen molar-refractivity contribution in [3.05, 3.63) is 39.8 Å². The quantitative estimate of drug-likeness (QED) is 0.931. The van der Waals surface area contributed by atoms with Gasteiger partial charge in [-0.25, -0.2) is 4.98 Å². The van der Waals surface area contributed by atoms with E-state index in [2.05, 4.69) is 45.3 Å². The highest BCUT2D eigenvalue weighted by molar-refractivity contribution is 9.10. The average Bonchev–Trinajstić information content (AvgIpc) is 2.78. The van der Waals surface area contributed by atoms with E-state index in [0.29, 0.717) is 6.04 Å². The molecule has 0 saturated carbocycles. The fourth-order valence-corrected chi connectivity index (χ4v) is 2.84. The maximum absolute atomic E-state index is 4.48. The molecule has 0 radical (unpaired) electrons. The number of halogens is 1. The van der Waals surface area contributed by atoms with Gasteiger partial charge in [-0.15, -0.1) is 11.3 Å². The molecule has 1 heterocycles. The van der Waals surface area contributed by atoms with Gasteiger partial charge in [-0.2, -0.15) is 0 Å². The third-order valence-electron chi connectivity index (χ3n) is 2.64. The maximum Gasteiger partial charge on any atom is 0.123 e. The molecule has 4 heteroatoms. The molecule has 2 aromatic rings. The Labute approximate surface area is 114 Å². The van der Waals surface area contributed by atoms with Crippen LogP contribution in [0.1, 0.15) is 11.8 Å². The topological polar surface area (TPSA) is 24.9 Å². The number of nitrogens with one attached hydrogen (secondary N) is 1. The van der Waals surface area contributed by atoms with Gasteiger partial charge in [0.05, 0.1) is 0 Å². The first-order valence-corrected chi connectivity index (χ1v) is 7.18. The summed E-state index contributed by atoms with van der Waals surface area (Å²) in [4.78, 5) is 5.80. The molecule has 1 unspecified atom stereocenters. The highest BCUT2D eigenvalue weighted by Gasteiger charge is 2.07. The molecule has 2 rings (SSSR count). The van der Waals surface area contributed by atoms with Gasteiger partial charge < -0.3 is 5.32 Å². The van der Waals surface area contributed by atoms with Crippen molar-refractivity contribution in [3.63, 3.8) is 0 Å². The molecule has 1 aromatic heterocycles. The van der Waals surface area contributed by atoms with Crippen molar-refractivity contribution in [2.24, 2.45) is 0 Å². The van der Waals surface area contributed by atoms with Crippen LogP contribution >= 0.6 is 27.3 Å². The Morgan fingerprint density at radius 1 is 1.35 bits per heavy atom. The van der Waals surface area contributed by atoms with Crippen molar-refractivity contribution >= 4 is 27.3 Å². The number of likely N-dealkylation sites (N-methyl/N-ethyl adjacent to an activating group) is 1. The van der Waals surface area contributed by atoms with E-state index >= 15 is 0 Å². The van der Waals surface area contributed by atoms with Crippen LogP contribution in [0.15, 0.2) is 34.9 Å². The molecule has 1 atom stereocenters. The smallest absolute Gasteiger partial charge is 0.123 e. The molecule has 0 saturated heterocycles. The number of hydrogen-bond acceptors (Lipinski definition) is 3. The Kier molecular flexibility index (Phi) is 4.31. The van der Waals surface area contributed by atoms with Gasteiger partial charge in [0.1, 0.15) is 5.01 Å². The molecule has 90 valence electrons. The largest absolute Gasteiger partial charge is 0.317 e. The van der Waals surface area contributed by atoms with Gasteiger partial charge in [-0.1, -0.05) is 28.1 Å². The second kappa shape index (κ2) is 5.76. The van der Waals surface area contributed by atoms with Crippen LogP contribution in [0.4, 0.5) is 0 Å². The lowest BCUT2D eigenvalue weighted by Crippen LogP contribution is -2.22. The molecular weight excluding hydrogens is 296 g/mol. The zero-order valence-electron chi connectivity index (χ0n) is 9.90. The van der Waals surface area contributed by atoms with E-state index in [1.165, 1.54) is 10.4 Å². The molecule has 2 nitrogen and oxygen atoms in total. The summed E-state index contributed by atoms with van der Waals surface area (Å²) in [6.45, 7) is 2.18. The van der Waals surface area contributed by atoms with Crippen molar-refractivity contribution < 1.29 is 0 Å². The van der Waals surface area contributed by atoms with Crippen LogP contribution in [0.25, 0.3) is 10.6 Å². The lowest BCUT2D eigenvalue weighted by Gasteiger charge is -2.06. The minimum Gasteiger partial charge on any atom is -0.317 e. The summed E-state index contributed by atoms with van der Waals surface area (Å²) in [5.41, 5.74) is 1.18. The van der Waals surface area contributed by atoms with Gasteiger partial charge in [-0.05, 0) is 32.5 Å². The van der Waals surface area contributed by atoms with E-state index in [-0.39, 0.29) is 0 Å². The van der Waals surface area contributed by atoms with Crippen LogP contribution in [0.5, 0.6) is 0 Å². The summed E-state index contributed by atoms with van der Waals surface area (Å²) >= 11 is 5.21. The Morgan fingerprint density at radius 2 is 2.06 bits per heavy atom. The lowest BCUT2D eigenvalue weighted by atomic mass is 10.2. The number of nitrogens with zero attached hydrogens (tertiary/aromatic N) is 1. The van der Waals surface area contributed by atoms with Gasteiger partial charge in [-0.3, -0.25) is 0 Å². The summed E-state index contributed by atoms with van der Waals surface area (Å²) in [5, 5.41) is 4.34. The van der Waals surface area contributed by atoms with Gasteiger partial charge in [0.15, 0.2) is 0 Å². The predicted octanol–water partition coefficient (Wildman–Crippen LogP) is 3.72. The third kappa shape index (κ3) is 3.37. The van der Waals surface area contributed by atoms with Crippen LogP contribution < -0.4 is 5.32 Å². The molecule has 0 aliphatic rings. The number of aromatic nitrogens is 1. The Bertz CT molecular complexity index is 478. The second-order valence-corrected chi connectivity index (χ2v) is 6.06. The maximum atomic E-state index is 4.48. The molecule has 0 fully saturated rings.